The first-order valence-electron chi connectivity index (χ1n) is 13.6. The van der Waals surface area contributed by atoms with Crippen LogP contribution in [0.2, 0.25) is 0 Å². The fourth-order valence-electron chi connectivity index (χ4n) is 7.97. The molecule has 5 aliphatic rings. The highest BCUT2D eigenvalue weighted by Gasteiger charge is 2.67. The van der Waals surface area contributed by atoms with Gasteiger partial charge in [0, 0.05) is 49.7 Å². The van der Waals surface area contributed by atoms with Gasteiger partial charge in [0.15, 0.2) is 0 Å². The van der Waals surface area contributed by atoms with Crippen molar-refractivity contribution in [3.05, 3.63) is 117 Å². The van der Waals surface area contributed by atoms with E-state index in [4.69, 9.17) is 14.2 Å². The maximum atomic E-state index is 6.79. The first-order valence-corrected chi connectivity index (χ1v) is 13.6. The molecule has 0 radical (unpaired) electrons. The topological polar surface area (TPSA) is 30.9 Å². The SMILES string of the molecule is COC1=C2C(=C[C@@H]1c1ccccc1)C1C3=C(CC(C)=C(N4CCOCC4)C3)C2(OC)C1c1ccccc1. The largest absolute Gasteiger partial charge is 0.500 e. The summed E-state index contributed by atoms with van der Waals surface area (Å²) in [5, 5.41) is 0. The fraction of sp³-hybridized carbons (Fsp3) is 0.394. The van der Waals surface area contributed by atoms with E-state index in [-0.39, 0.29) is 11.8 Å². The van der Waals surface area contributed by atoms with E-state index in [0.29, 0.717) is 5.92 Å². The van der Waals surface area contributed by atoms with Gasteiger partial charge in [-0.25, -0.2) is 0 Å². The number of hydrogen-bond donors (Lipinski definition) is 0. The van der Waals surface area contributed by atoms with Crippen molar-refractivity contribution in [3.63, 3.8) is 0 Å². The van der Waals surface area contributed by atoms with Crippen LogP contribution < -0.4 is 0 Å². The minimum absolute atomic E-state index is 0.124. The molecular weight excluding hydrogens is 458 g/mol. The molecule has 2 aromatic carbocycles. The van der Waals surface area contributed by atoms with Gasteiger partial charge >= 0.3 is 0 Å². The van der Waals surface area contributed by atoms with Crippen LogP contribution in [0.1, 0.15) is 42.7 Å². The summed E-state index contributed by atoms with van der Waals surface area (Å²) in [6.45, 7) is 5.92. The van der Waals surface area contributed by atoms with Crippen LogP contribution in [0.25, 0.3) is 0 Å². The molecule has 0 aromatic heterocycles. The van der Waals surface area contributed by atoms with Crippen molar-refractivity contribution in [2.75, 3.05) is 40.5 Å². The summed E-state index contributed by atoms with van der Waals surface area (Å²) < 4.78 is 18.7. The van der Waals surface area contributed by atoms with Crippen LogP contribution in [0.3, 0.4) is 0 Å². The zero-order valence-corrected chi connectivity index (χ0v) is 22.0. The number of fused-ring (bicyclic) bond motifs is 7. The van der Waals surface area contributed by atoms with Crippen molar-refractivity contribution >= 4 is 0 Å². The van der Waals surface area contributed by atoms with Gasteiger partial charge < -0.3 is 19.1 Å². The lowest BCUT2D eigenvalue weighted by Crippen LogP contribution is -2.40. The lowest BCUT2D eigenvalue weighted by molar-refractivity contribution is 0.0405. The molecule has 4 atom stereocenters. The first kappa shape index (κ1) is 23.1. The Morgan fingerprint density at radius 1 is 0.892 bits per heavy atom. The van der Waals surface area contributed by atoms with Crippen LogP contribution >= 0.6 is 0 Å². The number of benzene rings is 2. The Bertz CT molecular complexity index is 1350. The van der Waals surface area contributed by atoms with Crippen molar-refractivity contribution in [3.8, 4) is 0 Å². The van der Waals surface area contributed by atoms with Crippen molar-refractivity contribution in [2.24, 2.45) is 5.92 Å². The molecule has 2 fully saturated rings. The molecule has 7 rings (SSSR count). The maximum Gasteiger partial charge on any atom is 0.126 e. The standard InChI is InChI=1S/C33H35NO3/c1-21-18-27-25(20-28(21)34-14-16-37-17-15-34)29-26-19-24(22-10-6-4-7-11-22)32(35-2)31(26)33(27,36-3)30(29)23-12-8-5-9-13-23/h4-13,19,24,29-30H,14-18,20H2,1-3H3/t24-,29?,30?,33?/m1/s1. The third-order valence-corrected chi connectivity index (χ3v) is 9.40. The summed E-state index contributed by atoms with van der Waals surface area (Å²) in [7, 11) is 3.75. The Labute approximate surface area is 219 Å². The van der Waals surface area contributed by atoms with E-state index in [2.05, 4.69) is 78.6 Å². The van der Waals surface area contributed by atoms with Gasteiger partial charge in [0.25, 0.3) is 0 Å². The molecular formula is C33H35NO3. The molecule has 1 saturated carbocycles. The molecule has 37 heavy (non-hydrogen) atoms. The van der Waals surface area contributed by atoms with E-state index in [0.717, 1.165) is 44.9 Å². The predicted octanol–water partition coefficient (Wildman–Crippen LogP) is 6.12. The van der Waals surface area contributed by atoms with Crippen LogP contribution in [0.4, 0.5) is 0 Å². The van der Waals surface area contributed by atoms with Crippen molar-refractivity contribution in [1.29, 1.82) is 0 Å². The fourth-order valence-corrected chi connectivity index (χ4v) is 7.97. The molecule has 2 bridgehead atoms. The Hall–Kier alpha value is -3.08. The third kappa shape index (κ3) is 3.15. The van der Waals surface area contributed by atoms with E-state index in [1.807, 2.05) is 14.2 Å². The van der Waals surface area contributed by atoms with E-state index in [9.17, 15) is 0 Å². The number of allylic oxidation sites excluding steroid dienone is 3. The number of methoxy groups -OCH3 is 2. The smallest absolute Gasteiger partial charge is 0.126 e. The molecule has 4 heteroatoms. The second-order valence-electron chi connectivity index (χ2n) is 10.9. The van der Waals surface area contributed by atoms with Gasteiger partial charge in [-0.2, -0.15) is 0 Å². The maximum absolute atomic E-state index is 6.79. The van der Waals surface area contributed by atoms with Crippen LogP contribution in [-0.4, -0.2) is 51.0 Å². The third-order valence-electron chi connectivity index (χ3n) is 9.40. The summed E-state index contributed by atoms with van der Waals surface area (Å²) in [6.07, 6.45) is 4.44. The highest BCUT2D eigenvalue weighted by atomic mass is 16.5. The second-order valence-corrected chi connectivity index (χ2v) is 10.9. The lowest BCUT2D eigenvalue weighted by atomic mass is 9.74. The van der Waals surface area contributed by atoms with E-state index in [1.165, 1.54) is 39.1 Å². The van der Waals surface area contributed by atoms with E-state index < -0.39 is 5.60 Å². The average molecular weight is 494 g/mol. The summed E-state index contributed by atoms with van der Waals surface area (Å²) in [6, 6.07) is 21.8. The zero-order chi connectivity index (χ0) is 25.1. The van der Waals surface area contributed by atoms with Gasteiger partial charge in [-0.15, -0.1) is 0 Å². The summed E-state index contributed by atoms with van der Waals surface area (Å²) in [4.78, 5) is 2.57. The highest BCUT2D eigenvalue weighted by molar-refractivity contribution is 5.73. The normalized spacial score (nSPS) is 30.6. The number of morpholine rings is 1. The second kappa shape index (κ2) is 8.75. The van der Waals surface area contributed by atoms with Crippen LogP contribution in [0, 0.1) is 5.92 Å². The van der Waals surface area contributed by atoms with Crippen LogP contribution in [-0.2, 0) is 14.2 Å². The number of rotatable bonds is 5. The molecule has 4 aliphatic carbocycles. The molecule has 0 N–H and O–H groups in total. The highest BCUT2D eigenvalue weighted by Crippen LogP contribution is 2.71. The van der Waals surface area contributed by atoms with Gasteiger partial charge in [-0.05, 0) is 41.2 Å². The molecule has 3 unspecified atom stereocenters. The Morgan fingerprint density at radius 2 is 1.57 bits per heavy atom. The molecule has 1 heterocycles. The summed E-state index contributed by atoms with van der Waals surface area (Å²) in [5.41, 5.74) is 10.8. The quantitative estimate of drug-likeness (QED) is 0.470. The minimum Gasteiger partial charge on any atom is -0.500 e. The van der Waals surface area contributed by atoms with E-state index in [1.54, 1.807) is 5.57 Å². The van der Waals surface area contributed by atoms with Crippen molar-refractivity contribution in [2.45, 2.75) is 37.2 Å². The Balaban J connectivity index is 1.40. The van der Waals surface area contributed by atoms with E-state index >= 15 is 0 Å². The minimum atomic E-state index is -0.500. The molecule has 4 nitrogen and oxygen atoms in total. The molecule has 190 valence electrons. The summed E-state index contributed by atoms with van der Waals surface area (Å²) in [5.74, 6) is 1.71. The monoisotopic (exact) mass is 493 g/mol. The van der Waals surface area contributed by atoms with Crippen LogP contribution in [0.5, 0.6) is 0 Å². The summed E-state index contributed by atoms with van der Waals surface area (Å²) >= 11 is 0. The zero-order valence-electron chi connectivity index (χ0n) is 22.0. The van der Waals surface area contributed by atoms with Crippen molar-refractivity contribution < 1.29 is 14.2 Å². The number of hydrogen-bond acceptors (Lipinski definition) is 4. The molecule has 2 aromatic rings. The molecule has 0 amide bonds. The van der Waals surface area contributed by atoms with Gasteiger partial charge in [0.05, 0.1) is 26.2 Å². The average Bonchev–Trinajstić information content (AvgIpc) is 3.57. The van der Waals surface area contributed by atoms with Gasteiger partial charge in [-0.3, -0.25) is 0 Å². The number of ether oxygens (including phenoxy) is 3. The Morgan fingerprint density at radius 3 is 2.22 bits per heavy atom. The predicted molar refractivity (Wildman–Crippen MR) is 145 cm³/mol. The van der Waals surface area contributed by atoms with Crippen molar-refractivity contribution in [1.82, 2.24) is 4.90 Å². The Kier molecular flexibility index (Phi) is 5.45. The van der Waals surface area contributed by atoms with Crippen LogP contribution in [0.15, 0.2) is 106 Å². The number of nitrogens with zero attached hydrogens (tertiary/aromatic N) is 1. The first-order chi connectivity index (χ1) is 18.2. The van der Waals surface area contributed by atoms with Gasteiger partial charge in [0.2, 0.25) is 0 Å². The van der Waals surface area contributed by atoms with Gasteiger partial charge in [0.1, 0.15) is 11.4 Å². The lowest BCUT2D eigenvalue weighted by Gasteiger charge is -2.40. The molecule has 1 saturated heterocycles. The van der Waals surface area contributed by atoms with Gasteiger partial charge in [-0.1, -0.05) is 72.3 Å². The molecule has 0 spiro atoms. The molecule has 1 aliphatic heterocycles.